The molecule has 1 saturated heterocycles. The van der Waals surface area contributed by atoms with Crippen molar-refractivity contribution >= 4 is 47.4 Å². The average molecular weight is 553 g/mol. The van der Waals surface area contributed by atoms with Crippen molar-refractivity contribution in [3.63, 3.8) is 0 Å². The highest BCUT2D eigenvalue weighted by Crippen LogP contribution is 2.25. The standard InChI is InChI=1S/C21H25ClN8.HI/c1-23-21(28-18-7-9-29(13-18)20-19(22)6-3-8-25-20)26-11-16-4-2-5-17(10-16)12-30-15-24-14-27-30;/h2-6,8,10,14-15,18H,7,9,11-13H2,1H3,(H2,23,26,28);1H. The molecule has 1 aliphatic heterocycles. The van der Waals surface area contributed by atoms with Crippen LogP contribution in [0.2, 0.25) is 5.02 Å². The smallest absolute Gasteiger partial charge is 0.191 e. The molecule has 4 rings (SSSR count). The normalized spacial score (nSPS) is 16.1. The Morgan fingerprint density at radius 3 is 2.90 bits per heavy atom. The lowest BCUT2D eigenvalue weighted by Crippen LogP contribution is -2.44. The van der Waals surface area contributed by atoms with Crippen molar-refractivity contribution in [1.82, 2.24) is 30.4 Å². The van der Waals surface area contributed by atoms with Crippen molar-refractivity contribution in [2.75, 3.05) is 25.0 Å². The monoisotopic (exact) mass is 552 g/mol. The van der Waals surface area contributed by atoms with E-state index in [0.29, 0.717) is 18.1 Å². The fourth-order valence-corrected chi connectivity index (χ4v) is 3.83. The molecule has 2 N–H and O–H groups in total. The molecule has 0 spiro atoms. The van der Waals surface area contributed by atoms with Crippen LogP contribution in [0.25, 0.3) is 0 Å². The Kier molecular flexibility index (Phi) is 8.47. The quantitative estimate of drug-likeness (QED) is 0.278. The highest BCUT2D eigenvalue weighted by Gasteiger charge is 2.25. The van der Waals surface area contributed by atoms with E-state index in [0.717, 1.165) is 31.3 Å². The third kappa shape index (κ3) is 6.30. The van der Waals surface area contributed by atoms with E-state index in [2.05, 4.69) is 59.9 Å². The van der Waals surface area contributed by atoms with Crippen LogP contribution in [0.3, 0.4) is 0 Å². The highest BCUT2D eigenvalue weighted by atomic mass is 127. The van der Waals surface area contributed by atoms with E-state index >= 15 is 0 Å². The van der Waals surface area contributed by atoms with E-state index < -0.39 is 0 Å². The number of hydrogen-bond acceptors (Lipinski definition) is 5. The van der Waals surface area contributed by atoms with Gasteiger partial charge in [-0.05, 0) is 29.7 Å². The summed E-state index contributed by atoms with van der Waals surface area (Å²) in [6, 6.07) is 12.4. The first kappa shape index (κ1) is 23.3. The third-order valence-electron chi connectivity index (χ3n) is 5.05. The van der Waals surface area contributed by atoms with Gasteiger partial charge in [0.1, 0.15) is 18.5 Å². The van der Waals surface area contributed by atoms with Gasteiger partial charge in [0, 0.05) is 38.9 Å². The fourth-order valence-electron chi connectivity index (χ4n) is 3.59. The minimum Gasteiger partial charge on any atom is -0.353 e. The first-order valence-electron chi connectivity index (χ1n) is 9.94. The summed E-state index contributed by atoms with van der Waals surface area (Å²) in [4.78, 5) is 15.0. The maximum Gasteiger partial charge on any atom is 0.191 e. The number of benzene rings is 1. The van der Waals surface area contributed by atoms with Crippen molar-refractivity contribution in [3.05, 3.63) is 71.4 Å². The van der Waals surface area contributed by atoms with Crippen molar-refractivity contribution < 1.29 is 0 Å². The Morgan fingerprint density at radius 2 is 2.13 bits per heavy atom. The van der Waals surface area contributed by atoms with Crippen LogP contribution >= 0.6 is 35.6 Å². The van der Waals surface area contributed by atoms with E-state index in [9.17, 15) is 0 Å². The van der Waals surface area contributed by atoms with Gasteiger partial charge in [-0.15, -0.1) is 24.0 Å². The van der Waals surface area contributed by atoms with Crippen molar-refractivity contribution in [3.8, 4) is 0 Å². The first-order valence-corrected chi connectivity index (χ1v) is 10.3. The number of pyridine rings is 1. The fraction of sp³-hybridized carbons (Fsp3) is 0.333. The maximum absolute atomic E-state index is 6.29. The summed E-state index contributed by atoms with van der Waals surface area (Å²) in [5, 5.41) is 11.8. The number of aromatic nitrogens is 4. The van der Waals surface area contributed by atoms with Gasteiger partial charge in [-0.2, -0.15) is 5.10 Å². The zero-order valence-electron chi connectivity index (χ0n) is 17.3. The molecule has 3 heterocycles. The van der Waals surface area contributed by atoms with Gasteiger partial charge >= 0.3 is 0 Å². The second-order valence-corrected chi connectivity index (χ2v) is 7.63. The molecule has 0 amide bonds. The molecule has 1 unspecified atom stereocenters. The summed E-state index contributed by atoms with van der Waals surface area (Å²) in [7, 11) is 1.79. The van der Waals surface area contributed by atoms with Gasteiger partial charge < -0.3 is 15.5 Å². The molecule has 10 heteroatoms. The van der Waals surface area contributed by atoms with Gasteiger partial charge in [-0.1, -0.05) is 35.9 Å². The maximum atomic E-state index is 6.29. The van der Waals surface area contributed by atoms with Gasteiger partial charge in [0.25, 0.3) is 0 Å². The molecule has 31 heavy (non-hydrogen) atoms. The Bertz CT molecular complexity index is 995. The summed E-state index contributed by atoms with van der Waals surface area (Å²) in [6.45, 7) is 3.14. The number of halogens is 2. The number of rotatable bonds is 6. The third-order valence-corrected chi connectivity index (χ3v) is 5.35. The van der Waals surface area contributed by atoms with Crippen LogP contribution in [0.15, 0.2) is 60.2 Å². The van der Waals surface area contributed by atoms with Crippen LogP contribution in [0.5, 0.6) is 0 Å². The molecule has 2 aromatic heterocycles. The van der Waals surface area contributed by atoms with Gasteiger partial charge in [0.15, 0.2) is 5.96 Å². The minimum absolute atomic E-state index is 0. The molecule has 164 valence electrons. The molecule has 3 aromatic rings. The van der Waals surface area contributed by atoms with Crippen LogP contribution < -0.4 is 15.5 Å². The Labute approximate surface area is 204 Å². The van der Waals surface area contributed by atoms with Gasteiger partial charge in [-0.25, -0.2) is 14.6 Å². The van der Waals surface area contributed by atoms with E-state index in [1.54, 1.807) is 25.9 Å². The highest BCUT2D eigenvalue weighted by molar-refractivity contribution is 14.0. The number of aliphatic imine (C=N–C) groups is 1. The Balaban J connectivity index is 0.00000272. The number of anilines is 1. The molecular formula is C21H26ClIN8. The largest absolute Gasteiger partial charge is 0.353 e. The van der Waals surface area contributed by atoms with Crippen LogP contribution in [0, 0.1) is 0 Å². The summed E-state index contributed by atoms with van der Waals surface area (Å²) in [5.41, 5.74) is 2.37. The summed E-state index contributed by atoms with van der Waals surface area (Å²) < 4.78 is 1.81. The molecule has 0 bridgehead atoms. The molecule has 1 aromatic carbocycles. The summed E-state index contributed by atoms with van der Waals surface area (Å²) >= 11 is 6.29. The zero-order chi connectivity index (χ0) is 20.8. The number of guanidine groups is 1. The molecular weight excluding hydrogens is 527 g/mol. The molecule has 1 atom stereocenters. The molecule has 0 aliphatic carbocycles. The van der Waals surface area contributed by atoms with E-state index in [4.69, 9.17) is 11.6 Å². The lowest BCUT2D eigenvalue weighted by Gasteiger charge is -2.20. The molecule has 8 nitrogen and oxygen atoms in total. The van der Waals surface area contributed by atoms with Gasteiger partial charge in [0.2, 0.25) is 0 Å². The zero-order valence-corrected chi connectivity index (χ0v) is 20.4. The molecule has 1 aliphatic rings. The van der Waals surface area contributed by atoms with Crippen molar-refractivity contribution in [2.45, 2.75) is 25.6 Å². The van der Waals surface area contributed by atoms with Crippen LogP contribution in [-0.4, -0.2) is 51.9 Å². The second kappa shape index (κ2) is 11.3. The van der Waals surface area contributed by atoms with E-state index in [-0.39, 0.29) is 30.0 Å². The molecule has 0 radical (unpaired) electrons. The molecule has 0 saturated carbocycles. The second-order valence-electron chi connectivity index (χ2n) is 7.22. The predicted octanol–water partition coefficient (Wildman–Crippen LogP) is 2.94. The van der Waals surface area contributed by atoms with Crippen LogP contribution in [0.4, 0.5) is 5.82 Å². The van der Waals surface area contributed by atoms with Gasteiger partial charge in [0.05, 0.1) is 11.6 Å². The lowest BCUT2D eigenvalue weighted by molar-refractivity contribution is 0.647. The minimum atomic E-state index is 0. The predicted molar refractivity (Wildman–Crippen MR) is 134 cm³/mol. The Morgan fingerprint density at radius 1 is 1.26 bits per heavy atom. The van der Waals surface area contributed by atoms with Crippen molar-refractivity contribution in [1.29, 1.82) is 0 Å². The summed E-state index contributed by atoms with van der Waals surface area (Å²) in [5.74, 6) is 1.63. The average Bonchev–Trinajstić information content (AvgIpc) is 3.44. The van der Waals surface area contributed by atoms with Gasteiger partial charge in [-0.3, -0.25) is 4.99 Å². The lowest BCUT2D eigenvalue weighted by atomic mass is 10.1. The van der Waals surface area contributed by atoms with E-state index in [1.165, 1.54) is 11.1 Å². The number of nitrogens with one attached hydrogen (secondary N) is 2. The number of hydrogen-bond donors (Lipinski definition) is 2. The first-order chi connectivity index (χ1) is 14.7. The Hall–Kier alpha value is -2.40. The van der Waals surface area contributed by atoms with Crippen molar-refractivity contribution in [2.24, 2.45) is 4.99 Å². The number of nitrogens with zero attached hydrogens (tertiary/aromatic N) is 6. The molecule has 1 fully saturated rings. The summed E-state index contributed by atoms with van der Waals surface area (Å²) in [6.07, 6.45) is 6.05. The van der Waals surface area contributed by atoms with Crippen LogP contribution in [-0.2, 0) is 13.1 Å². The topological polar surface area (TPSA) is 83.3 Å². The van der Waals surface area contributed by atoms with E-state index in [1.807, 2.05) is 16.8 Å². The van der Waals surface area contributed by atoms with Crippen LogP contribution in [0.1, 0.15) is 17.5 Å². The SMILES string of the molecule is CN=C(NCc1cccc(Cn2cncn2)c1)NC1CCN(c2ncccc2Cl)C1.I.